The van der Waals surface area contributed by atoms with Gasteiger partial charge in [0.25, 0.3) is 0 Å². The Bertz CT molecular complexity index is 440. The molecule has 4 nitrogen and oxygen atoms in total. The zero-order valence-electron chi connectivity index (χ0n) is 10.5. The maximum atomic E-state index is 11.5. The van der Waals surface area contributed by atoms with Crippen molar-refractivity contribution in [2.24, 2.45) is 0 Å². The van der Waals surface area contributed by atoms with Crippen molar-refractivity contribution < 1.29 is 14.3 Å². The molecule has 0 aliphatic carbocycles. The lowest BCUT2D eigenvalue weighted by Crippen LogP contribution is -2.26. The highest BCUT2D eigenvalue weighted by molar-refractivity contribution is 9.09. The standard InChI is InChI=1S/C12H15BrClNO3/c1-15(11(16)6-13)7-8-4-9(14)12(18-3)10(5-8)17-2/h4-5H,6-7H2,1-3H3. The molecule has 1 amide bonds. The van der Waals surface area contributed by atoms with Crippen LogP contribution in [0.15, 0.2) is 12.1 Å². The maximum absolute atomic E-state index is 11.5. The molecule has 0 unspecified atom stereocenters. The minimum atomic E-state index is 0.000840. The highest BCUT2D eigenvalue weighted by atomic mass is 79.9. The number of carbonyl (C=O) groups is 1. The van der Waals surface area contributed by atoms with Crippen molar-refractivity contribution in [1.29, 1.82) is 0 Å². The van der Waals surface area contributed by atoms with Gasteiger partial charge in [-0.15, -0.1) is 0 Å². The molecule has 0 spiro atoms. The van der Waals surface area contributed by atoms with Crippen LogP contribution in [0.25, 0.3) is 0 Å². The number of benzene rings is 1. The summed E-state index contributed by atoms with van der Waals surface area (Å²) in [5.41, 5.74) is 0.884. The van der Waals surface area contributed by atoms with Crippen LogP contribution in [0, 0.1) is 0 Å². The van der Waals surface area contributed by atoms with E-state index in [2.05, 4.69) is 15.9 Å². The summed E-state index contributed by atoms with van der Waals surface area (Å²) in [7, 11) is 4.81. The monoisotopic (exact) mass is 335 g/mol. The van der Waals surface area contributed by atoms with Crippen molar-refractivity contribution in [2.45, 2.75) is 6.54 Å². The molecule has 0 bridgehead atoms. The number of nitrogens with zero attached hydrogens (tertiary/aromatic N) is 1. The quantitative estimate of drug-likeness (QED) is 0.776. The van der Waals surface area contributed by atoms with E-state index in [1.165, 1.54) is 7.11 Å². The number of alkyl halides is 1. The fraction of sp³-hybridized carbons (Fsp3) is 0.417. The van der Waals surface area contributed by atoms with Gasteiger partial charge in [0.05, 0.1) is 24.6 Å². The Balaban J connectivity index is 2.98. The van der Waals surface area contributed by atoms with Gasteiger partial charge in [-0.25, -0.2) is 0 Å². The first kappa shape index (κ1) is 15.1. The molecule has 0 fully saturated rings. The minimum Gasteiger partial charge on any atom is -0.493 e. The maximum Gasteiger partial charge on any atom is 0.233 e. The largest absolute Gasteiger partial charge is 0.493 e. The zero-order chi connectivity index (χ0) is 13.7. The lowest BCUT2D eigenvalue weighted by Gasteiger charge is -2.17. The van der Waals surface area contributed by atoms with Crippen LogP contribution in [0.2, 0.25) is 5.02 Å². The van der Waals surface area contributed by atoms with E-state index in [-0.39, 0.29) is 5.91 Å². The topological polar surface area (TPSA) is 38.8 Å². The second-order valence-electron chi connectivity index (χ2n) is 3.70. The summed E-state index contributed by atoms with van der Waals surface area (Å²) in [6.07, 6.45) is 0. The summed E-state index contributed by atoms with van der Waals surface area (Å²) in [6, 6.07) is 3.57. The summed E-state index contributed by atoms with van der Waals surface area (Å²) < 4.78 is 10.4. The molecular formula is C12H15BrClNO3. The molecule has 0 radical (unpaired) electrons. The van der Waals surface area contributed by atoms with Crippen molar-refractivity contribution in [3.63, 3.8) is 0 Å². The van der Waals surface area contributed by atoms with Gasteiger partial charge in [0.2, 0.25) is 5.91 Å². The average Bonchev–Trinajstić information content (AvgIpc) is 2.36. The normalized spacial score (nSPS) is 10.1. The summed E-state index contributed by atoms with van der Waals surface area (Å²) in [5, 5.41) is 0.761. The van der Waals surface area contributed by atoms with Gasteiger partial charge >= 0.3 is 0 Å². The Morgan fingerprint density at radius 2 is 2.06 bits per heavy atom. The van der Waals surface area contributed by atoms with Crippen molar-refractivity contribution >= 4 is 33.4 Å². The Labute approximate surface area is 120 Å². The van der Waals surface area contributed by atoms with Crippen LogP contribution in [0.1, 0.15) is 5.56 Å². The molecule has 0 N–H and O–H groups in total. The van der Waals surface area contributed by atoms with Crippen LogP contribution >= 0.6 is 27.5 Å². The molecule has 1 aromatic rings. The Morgan fingerprint density at radius 3 is 2.56 bits per heavy atom. The number of hydrogen-bond donors (Lipinski definition) is 0. The number of methoxy groups -OCH3 is 2. The molecule has 18 heavy (non-hydrogen) atoms. The number of amides is 1. The van der Waals surface area contributed by atoms with Gasteiger partial charge in [0, 0.05) is 13.6 Å². The van der Waals surface area contributed by atoms with Gasteiger partial charge < -0.3 is 14.4 Å². The molecule has 0 aliphatic heterocycles. The molecule has 0 aliphatic rings. The third-order valence-electron chi connectivity index (χ3n) is 2.45. The van der Waals surface area contributed by atoms with E-state index in [4.69, 9.17) is 21.1 Å². The first-order valence-electron chi connectivity index (χ1n) is 5.23. The van der Waals surface area contributed by atoms with E-state index in [9.17, 15) is 4.79 Å². The van der Waals surface area contributed by atoms with Gasteiger partial charge in [0.1, 0.15) is 0 Å². The molecule has 6 heteroatoms. The summed E-state index contributed by atoms with van der Waals surface area (Å²) >= 11 is 9.22. The van der Waals surface area contributed by atoms with Crippen molar-refractivity contribution in [1.82, 2.24) is 4.90 Å². The zero-order valence-corrected chi connectivity index (χ0v) is 12.8. The second-order valence-corrected chi connectivity index (χ2v) is 4.66. The van der Waals surface area contributed by atoms with E-state index in [0.717, 1.165) is 5.56 Å². The SMILES string of the molecule is COc1cc(CN(C)C(=O)CBr)cc(Cl)c1OC. The molecule has 1 rings (SSSR count). The van der Waals surface area contributed by atoms with Gasteiger partial charge in [-0.2, -0.15) is 0 Å². The van der Waals surface area contributed by atoms with Gasteiger partial charge in [-0.1, -0.05) is 27.5 Å². The lowest BCUT2D eigenvalue weighted by atomic mass is 10.2. The molecule has 0 atom stereocenters. The summed E-state index contributed by atoms with van der Waals surface area (Å²) in [6.45, 7) is 0.463. The lowest BCUT2D eigenvalue weighted by molar-refractivity contribution is -0.127. The predicted molar refractivity (Wildman–Crippen MR) is 74.8 cm³/mol. The Kier molecular flexibility index (Phi) is 5.75. The average molecular weight is 337 g/mol. The number of halogens is 2. The molecule has 100 valence electrons. The van der Waals surface area contributed by atoms with Crippen LogP contribution in [0.3, 0.4) is 0 Å². The van der Waals surface area contributed by atoms with E-state index in [1.54, 1.807) is 25.1 Å². The fourth-order valence-corrected chi connectivity index (χ4v) is 2.27. The van der Waals surface area contributed by atoms with Crippen molar-refractivity contribution in [2.75, 3.05) is 26.6 Å². The van der Waals surface area contributed by atoms with E-state index < -0.39 is 0 Å². The first-order chi connectivity index (χ1) is 8.53. The highest BCUT2D eigenvalue weighted by Crippen LogP contribution is 2.36. The van der Waals surface area contributed by atoms with Crippen LogP contribution in [-0.2, 0) is 11.3 Å². The highest BCUT2D eigenvalue weighted by Gasteiger charge is 2.13. The van der Waals surface area contributed by atoms with E-state index >= 15 is 0 Å². The van der Waals surface area contributed by atoms with Crippen LogP contribution in [0.5, 0.6) is 11.5 Å². The van der Waals surface area contributed by atoms with E-state index in [1.807, 2.05) is 6.07 Å². The van der Waals surface area contributed by atoms with Crippen LogP contribution < -0.4 is 9.47 Å². The van der Waals surface area contributed by atoms with Gasteiger partial charge in [-0.3, -0.25) is 4.79 Å². The van der Waals surface area contributed by atoms with E-state index in [0.29, 0.717) is 28.4 Å². The number of hydrogen-bond acceptors (Lipinski definition) is 3. The second kappa shape index (κ2) is 6.85. The number of carbonyl (C=O) groups excluding carboxylic acids is 1. The van der Waals surface area contributed by atoms with Crippen LogP contribution in [-0.4, -0.2) is 37.4 Å². The third kappa shape index (κ3) is 3.53. The molecule has 0 saturated carbocycles. The van der Waals surface area contributed by atoms with Gasteiger partial charge in [0.15, 0.2) is 11.5 Å². The number of ether oxygens (including phenoxy) is 2. The minimum absolute atomic E-state index is 0.000840. The van der Waals surface area contributed by atoms with Crippen LogP contribution in [0.4, 0.5) is 0 Å². The van der Waals surface area contributed by atoms with Crippen molar-refractivity contribution in [3.05, 3.63) is 22.7 Å². The Hall–Kier alpha value is -0.940. The predicted octanol–water partition coefficient (Wildman–Crippen LogP) is 2.71. The van der Waals surface area contributed by atoms with Gasteiger partial charge in [-0.05, 0) is 17.7 Å². The third-order valence-corrected chi connectivity index (χ3v) is 3.21. The summed E-state index contributed by atoms with van der Waals surface area (Å²) in [4.78, 5) is 13.1. The Morgan fingerprint density at radius 1 is 1.39 bits per heavy atom. The smallest absolute Gasteiger partial charge is 0.233 e. The molecule has 1 aromatic carbocycles. The first-order valence-corrected chi connectivity index (χ1v) is 6.73. The molecule has 0 aromatic heterocycles. The molecule has 0 heterocycles. The summed E-state index contributed by atoms with van der Waals surface area (Å²) in [5.74, 6) is 1.05. The number of rotatable bonds is 5. The molecular weight excluding hydrogens is 321 g/mol. The molecule has 0 saturated heterocycles. The fourth-order valence-electron chi connectivity index (χ4n) is 1.53. The van der Waals surface area contributed by atoms with Crippen molar-refractivity contribution in [3.8, 4) is 11.5 Å².